The van der Waals surface area contributed by atoms with Crippen LogP contribution < -0.4 is 4.74 Å². The summed E-state index contributed by atoms with van der Waals surface area (Å²) in [7, 11) is 0. The fourth-order valence-corrected chi connectivity index (χ4v) is 2.25. The van der Waals surface area contributed by atoms with Gasteiger partial charge in [0.25, 0.3) is 0 Å². The van der Waals surface area contributed by atoms with E-state index in [0.29, 0.717) is 12.2 Å². The standard InChI is InChI=1S/C17H15NO2/c19-13-14-6-7-15-8-9-18(17(15)12-14)10-11-20-16-4-2-1-3-5-16/h1-9,12-13H,10-11H2. The van der Waals surface area contributed by atoms with Gasteiger partial charge in [0.05, 0.1) is 6.54 Å². The van der Waals surface area contributed by atoms with Crippen LogP contribution in [0.1, 0.15) is 10.4 Å². The van der Waals surface area contributed by atoms with Gasteiger partial charge in [-0.15, -0.1) is 0 Å². The van der Waals surface area contributed by atoms with E-state index in [2.05, 4.69) is 4.57 Å². The molecule has 0 saturated heterocycles. The van der Waals surface area contributed by atoms with Crippen molar-refractivity contribution in [2.24, 2.45) is 0 Å². The number of fused-ring (bicyclic) bond motifs is 1. The van der Waals surface area contributed by atoms with E-state index in [1.54, 1.807) is 0 Å². The molecule has 0 unspecified atom stereocenters. The van der Waals surface area contributed by atoms with Crippen molar-refractivity contribution in [1.82, 2.24) is 4.57 Å². The van der Waals surface area contributed by atoms with Gasteiger partial charge in [0, 0.05) is 17.3 Å². The number of carbonyl (C=O) groups excluding carboxylic acids is 1. The van der Waals surface area contributed by atoms with E-state index in [1.807, 2.05) is 60.8 Å². The average molecular weight is 265 g/mol. The van der Waals surface area contributed by atoms with Crippen LogP contribution in [0.25, 0.3) is 10.9 Å². The molecule has 0 aliphatic carbocycles. The maximum atomic E-state index is 10.8. The number of nitrogens with zero attached hydrogens (tertiary/aromatic N) is 1. The molecule has 20 heavy (non-hydrogen) atoms. The first-order valence-corrected chi connectivity index (χ1v) is 6.59. The highest BCUT2D eigenvalue weighted by atomic mass is 16.5. The monoisotopic (exact) mass is 265 g/mol. The molecule has 1 heterocycles. The van der Waals surface area contributed by atoms with Crippen molar-refractivity contribution in [3.63, 3.8) is 0 Å². The van der Waals surface area contributed by atoms with E-state index in [9.17, 15) is 4.79 Å². The molecule has 0 spiro atoms. The Labute approximate surface area is 117 Å². The highest BCUT2D eigenvalue weighted by Crippen LogP contribution is 2.17. The molecule has 0 aliphatic heterocycles. The summed E-state index contributed by atoms with van der Waals surface area (Å²) < 4.78 is 7.80. The minimum absolute atomic E-state index is 0.596. The Morgan fingerprint density at radius 3 is 2.70 bits per heavy atom. The number of benzene rings is 2. The van der Waals surface area contributed by atoms with E-state index in [4.69, 9.17) is 4.74 Å². The van der Waals surface area contributed by atoms with E-state index in [1.165, 1.54) is 0 Å². The number of hydrogen-bond acceptors (Lipinski definition) is 2. The molecule has 1 aromatic heterocycles. The smallest absolute Gasteiger partial charge is 0.150 e. The van der Waals surface area contributed by atoms with Crippen LogP contribution in [0.5, 0.6) is 5.75 Å². The fourth-order valence-electron chi connectivity index (χ4n) is 2.25. The van der Waals surface area contributed by atoms with Crippen LogP contribution >= 0.6 is 0 Å². The van der Waals surface area contributed by atoms with Gasteiger partial charge in [-0.2, -0.15) is 0 Å². The average Bonchev–Trinajstić information content (AvgIpc) is 2.91. The molecule has 3 heteroatoms. The van der Waals surface area contributed by atoms with E-state index >= 15 is 0 Å². The number of carbonyl (C=O) groups is 1. The van der Waals surface area contributed by atoms with Crippen LogP contribution in [-0.2, 0) is 6.54 Å². The lowest BCUT2D eigenvalue weighted by Crippen LogP contribution is -2.07. The summed E-state index contributed by atoms with van der Waals surface area (Å²) in [6, 6.07) is 17.5. The highest BCUT2D eigenvalue weighted by molar-refractivity contribution is 5.87. The van der Waals surface area contributed by atoms with Crippen molar-refractivity contribution < 1.29 is 9.53 Å². The maximum absolute atomic E-state index is 10.8. The molecule has 0 bridgehead atoms. The Bertz CT molecular complexity index is 716. The van der Waals surface area contributed by atoms with E-state index in [0.717, 1.165) is 29.5 Å². The minimum Gasteiger partial charge on any atom is -0.492 e. The largest absolute Gasteiger partial charge is 0.492 e. The predicted molar refractivity (Wildman–Crippen MR) is 79.3 cm³/mol. The van der Waals surface area contributed by atoms with Gasteiger partial charge in [-0.25, -0.2) is 0 Å². The molecular weight excluding hydrogens is 250 g/mol. The zero-order chi connectivity index (χ0) is 13.8. The summed E-state index contributed by atoms with van der Waals surface area (Å²) in [5.41, 5.74) is 1.76. The zero-order valence-corrected chi connectivity index (χ0v) is 11.0. The summed E-state index contributed by atoms with van der Waals surface area (Å²) in [4.78, 5) is 10.8. The van der Waals surface area contributed by atoms with Crippen LogP contribution in [0.3, 0.4) is 0 Å². The molecule has 2 aromatic carbocycles. The molecule has 3 nitrogen and oxygen atoms in total. The van der Waals surface area contributed by atoms with Gasteiger partial charge in [-0.05, 0) is 29.7 Å². The van der Waals surface area contributed by atoms with Crippen molar-refractivity contribution >= 4 is 17.2 Å². The molecule has 3 aromatic rings. The fraction of sp³-hybridized carbons (Fsp3) is 0.118. The zero-order valence-electron chi connectivity index (χ0n) is 11.0. The first-order chi connectivity index (χ1) is 9.86. The quantitative estimate of drug-likeness (QED) is 0.661. The lowest BCUT2D eigenvalue weighted by Gasteiger charge is -2.08. The molecular formula is C17H15NO2. The number of para-hydroxylation sites is 1. The lowest BCUT2D eigenvalue weighted by molar-refractivity contribution is 0.112. The molecule has 0 saturated carbocycles. The van der Waals surface area contributed by atoms with Crippen LogP contribution in [-0.4, -0.2) is 17.5 Å². The summed E-state index contributed by atoms with van der Waals surface area (Å²) >= 11 is 0. The summed E-state index contributed by atoms with van der Waals surface area (Å²) in [6.45, 7) is 1.35. The number of hydrogen-bond donors (Lipinski definition) is 0. The van der Waals surface area contributed by atoms with Gasteiger partial charge in [0.15, 0.2) is 0 Å². The third kappa shape index (κ3) is 2.57. The Kier molecular flexibility index (Phi) is 3.50. The minimum atomic E-state index is 0.596. The third-order valence-corrected chi connectivity index (χ3v) is 3.28. The number of rotatable bonds is 5. The molecule has 0 amide bonds. The van der Waals surface area contributed by atoms with Gasteiger partial charge in [-0.3, -0.25) is 4.79 Å². The molecule has 3 rings (SSSR count). The van der Waals surface area contributed by atoms with E-state index < -0.39 is 0 Å². The third-order valence-electron chi connectivity index (χ3n) is 3.28. The lowest BCUT2D eigenvalue weighted by atomic mass is 10.2. The Morgan fingerprint density at radius 2 is 1.90 bits per heavy atom. The van der Waals surface area contributed by atoms with Gasteiger partial charge in [0.1, 0.15) is 18.6 Å². The van der Waals surface area contributed by atoms with Gasteiger partial charge < -0.3 is 9.30 Å². The van der Waals surface area contributed by atoms with Crippen molar-refractivity contribution in [3.05, 3.63) is 66.4 Å². The number of ether oxygens (including phenoxy) is 1. The molecule has 100 valence electrons. The molecule has 0 fully saturated rings. The second-order valence-electron chi connectivity index (χ2n) is 4.61. The van der Waals surface area contributed by atoms with Crippen molar-refractivity contribution in [3.8, 4) is 5.75 Å². The van der Waals surface area contributed by atoms with Crippen LogP contribution in [0, 0.1) is 0 Å². The first-order valence-electron chi connectivity index (χ1n) is 6.59. The van der Waals surface area contributed by atoms with Crippen molar-refractivity contribution in [2.75, 3.05) is 6.61 Å². The van der Waals surface area contributed by atoms with Crippen LogP contribution in [0.2, 0.25) is 0 Å². The van der Waals surface area contributed by atoms with E-state index in [-0.39, 0.29) is 0 Å². The van der Waals surface area contributed by atoms with Gasteiger partial charge >= 0.3 is 0 Å². The predicted octanol–water partition coefficient (Wildman–Crippen LogP) is 3.53. The molecule has 0 atom stereocenters. The normalized spacial score (nSPS) is 10.6. The van der Waals surface area contributed by atoms with Gasteiger partial charge in [-0.1, -0.05) is 30.3 Å². The Balaban J connectivity index is 1.72. The van der Waals surface area contributed by atoms with Crippen molar-refractivity contribution in [1.29, 1.82) is 0 Å². The second-order valence-corrected chi connectivity index (χ2v) is 4.61. The SMILES string of the molecule is O=Cc1ccc2ccn(CCOc3ccccc3)c2c1. The summed E-state index contributed by atoms with van der Waals surface area (Å²) in [5, 5.41) is 1.13. The topological polar surface area (TPSA) is 31.2 Å². The first kappa shape index (κ1) is 12.5. The summed E-state index contributed by atoms with van der Waals surface area (Å²) in [6.07, 6.45) is 2.89. The summed E-state index contributed by atoms with van der Waals surface area (Å²) in [5.74, 6) is 0.873. The molecule has 0 radical (unpaired) electrons. The second kappa shape index (κ2) is 5.61. The highest BCUT2D eigenvalue weighted by Gasteiger charge is 2.02. The molecule has 0 N–H and O–H groups in total. The Hall–Kier alpha value is -2.55. The van der Waals surface area contributed by atoms with Crippen LogP contribution in [0.15, 0.2) is 60.8 Å². The number of aldehydes is 1. The maximum Gasteiger partial charge on any atom is 0.150 e. The van der Waals surface area contributed by atoms with Crippen LogP contribution in [0.4, 0.5) is 0 Å². The number of aromatic nitrogens is 1. The van der Waals surface area contributed by atoms with Gasteiger partial charge in [0.2, 0.25) is 0 Å². The molecule has 0 aliphatic rings. The van der Waals surface area contributed by atoms with Crippen molar-refractivity contribution in [2.45, 2.75) is 6.54 Å². The Morgan fingerprint density at radius 1 is 1.05 bits per heavy atom.